The van der Waals surface area contributed by atoms with Crippen LogP contribution in [-0.2, 0) is 4.79 Å². The first-order valence-corrected chi connectivity index (χ1v) is 10.8. The van der Waals surface area contributed by atoms with Crippen LogP contribution in [0.15, 0.2) is 4.99 Å². The molecule has 144 valence electrons. The number of nitrogens with zero attached hydrogens (tertiary/aromatic N) is 3. The van der Waals surface area contributed by atoms with E-state index in [-0.39, 0.29) is 11.8 Å². The van der Waals surface area contributed by atoms with E-state index >= 15 is 0 Å². The summed E-state index contributed by atoms with van der Waals surface area (Å²) in [5.74, 6) is 2.22. The Morgan fingerprint density at radius 3 is 2.68 bits per heavy atom. The molecule has 2 fully saturated rings. The molecule has 0 aliphatic carbocycles. The maximum atomic E-state index is 11.2. The highest BCUT2D eigenvalue weighted by atomic mass is 32.2. The third kappa shape index (κ3) is 6.70. The van der Waals surface area contributed by atoms with Crippen LogP contribution in [0.3, 0.4) is 0 Å². The molecule has 1 atom stereocenters. The molecule has 7 heteroatoms. The van der Waals surface area contributed by atoms with Gasteiger partial charge in [-0.3, -0.25) is 9.79 Å². The molecule has 2 aliphatic rings. The molecule has 1 unspecified atom stereocenters. The van der Waals surface area contributed by atoms with Crippen molar-refractivity contribution in [1.29, 1.82) is 0 Å². The Morgan fingerprint density at radius 1 is 1.28 bits per heavy atom. The van der Waals surface area contributed by atoms with Crippen LogP contribution in [0, 0.1) is 5.92 Å². The van der Waals surface area contributed by atoms with Crippen LogP contribution >= 0.6 is 11.8 Å². The maximum Gasteiger partial charge on any atom is 0.220 e. The fourth-order valence-electron chi connectivity index (χ4n) is 3.59. The molecule has 0 radical (unpaired) electrons. The average Bonchev–Trinajstić information content (AvgIpc) is 2.65. The average molecular weight is 370 g/mol. The highest BCUT2D eigenvalue weighted by Gasteiger charge is 2.23. The van der Waals surface area contributed by atoms with Crippen LogP contribution in [-0.4, -0.2) is 79.0 Å². The van der Waals surface area contributed by atoms with E-state index < -0.39 is 0 Å². The number of nitrogens with two attached hydrogens (primary N) is 1. The SMILES string of the molecule is CCC1CN(C(=NC)NCCCCN2CCC(C(N)=O)CC2)CCS1. The molecule has 2 rings (SSSR count). The monoisotopic (exact) mass is 369 g/mol. The van der Waals surface area contributed by atoms with Crippen LogP contribution in [0.1, 0.15) is 39.0 Å². The van der Waals surface area contributed by atoms with Crippen LogP contribution in [0.2, 0.25) is 0 Å². The Morgan fingerprint density at radius 2 is 2.04 bits per heavy atom. The molecule has 6 nitrogen and oxygen atoms in total. The number of primary amides is 1. The molecule has 0 saturated carbocycles. The maximum absolute atomic E-state index is 11.2. The number of hydrogen-bond donors (Lipinski definition) is 2. The summed E-state index contributed by atoms with van der Waals surface area (Å²) in [6.45, 7) is 8.57. The Kier molecular flexibility index (Phi) is 8.89. The van der Waals surface area contributed by atoms with E-state index in [1.165, 1.54) is 18.6 Å². The van der Waals surface area contributed by atoms with Gasteiger partial charge in [0.05, 0.1) is 0 Å². The van der Waals surface area contributed by atoms with Crippen molar-refractivity contribution in [3.05, 3.63) is 0 Å². The van der Waals surface area contributed by atoms with Crippen LogP contribution in [0.25, 0.3) is 0 Å². The van der Waals surface area contributed by atoms with E-state index in [2.05, 4.69) is 38.8 Å². The number of carbonyl (C=O) groups is 1. The summed E-state index contributed by atoms with van der Waals surface area (Å²) in [5.41, 5.74) is 5.39. The Bertz CT molecular complexity index is 437. The van der Waals surface area contributed by atoms with Gasteiger partial charge in [0.2, 0.25) is 5.91 Å². The summed E-state index contributed by atoms with van der Waals surface area (Å²) in [5, 5.41) is 4.26. The number of unbranched alkanes of at least 4 members (excludes halogenated alkanes) is 1. The lowest BCUT2D eigenvalue weighted by Crippen LogP contribution is -2.48. The topological polar surface area (TPSA) is 74.0 Å². The molecule has 3 N–H and O–H groups in total. The van der Waals surface area contributed by atoms with Gasteiger partial charge in [0.25, 0.3) is 0 Å². The summed E-state index contributed by atoms with van der Waals surface area (Å²) in [7, 11) is 1.88. The van der Waals surface area contributed by atoms with Gasteiger partial charge in [-0.05, 0) is 51.7 Å². The quantitative estimate of drug-likeness (QED) is 0.403. The van der Waals surface area contributed by atoms with Crippen molar-refractivity contribution in [3.8, 4) is 0 Å². The smallest absolute Gasteiger partial charge is 0.220 e. The fourth-order valence-corrected chi connectivity index (χ4v) is 4.77. The Balaban J connectivity index is 1.58. The highest BCUT2D eigenvalue weighted by molar-refractivity contribution is 8.00. The number of guanidine groups is 1. The van der Waals surface area contributed by atoms with Gasteiger partial charge in [-0.2, -0.15) is 11.8 Å². The number of aliphatic imine (C=N–C) groups is 1. The molecular formula is C18H35N5OS. The van der Waals surface area contributed by atoms with Gasteiger partial charge >= 0.3 is 0 Å². The molecule has 0 aromatic rings. The van der Waals surface area contributed by atoms with Gasteiger partial charge in [-0.15, -0.1) is 0 Å². The number of piperidine rings is 1. The second-order valence-corrected chi connectivity index (χ2v) is 8.45. The van der Waals surface area contributed by atoms with Crippen molar-refractivity contribution >= 4 is 23.6 Å². The van der Waals surface area contributed by atoms with Crippen LogP contribution < -0.4 is 11.1 Å². The zero-order valence-electron chi connectivity index (χ0n) is 15.9. The predicted octanol–water partition coefficient (Wildman–Crippen LogP) is 1.37. The predicted molar refractivity (Wildman–Crippen MR) is 107 cm³/mol. The van der Waals surface area contributed by atoms with Crippen molar-refractivity contribution in [2.75, 3.05) is 52.1 Å². The van der Waals surface area contributed by atoms with E-state index in [1.807, 2.05) is 7.05 Å². The van der Waals surface area contributed by atoms with Gasteiger partial charge < -0.3 is 20.9 Å². The molecule has 2 aliphatic heterocycles. The van der Waals surface area contributed by atoms with E-state index in [1.54, 1.807) is 0 Å². The van der Waals surface area contributed by atoms with Crippen LogP contribution in [0.5, 0.6) is 0 Å². The van der Waals surface area contributed by atoms with Crippen molar-refractivity contribution in [2.45, 2.75) is 44.3 Å². The number of carbonyl (C=O) groups excluding carboxylic acids is 1. The molecule has 2 saturated heterocycles. The van der Waals surface area contributed by atoms with Gasteiger partial charge in [0, 0.05) is 43.6 Å². The van der Waals surface area contributed by atoms with Gasteiger partial charge in [0.1, 0.15) is 0 Å². The van der Waals surface area contributed by atoms with E-state index in [0.717, 1.165) is 69.7 Å². The van der Waals surface area contributed by atoms with Crippen molar-refractivity contribution in [2.24, 2.45) is 16.6 Å². The van der Waals surface area contributed by atoms with Crippen LogP contribution in [0.4, 0.5) is 0 Å². The minimum absolute atomic E-state index is 0.0934. The van der Waals surface area contributed by atoms with Gasteiger partial charge in [0.15, 0.2) is 5.96 Å². The summed E-state index contributed by atoms with van der Waals surface area (Å²) >= 11 is 2.09. The molecular weight excluding hydrogens is 334 g/mol. The number of nitrogens with one attached hydrogen (secondary N) is 1. The number of hydrogen-bond acceptors (Lipinski definition) is 4. The van der Waals surface area contributed by atoms with Crippen molar-refractivity contribution < 1.29 is 4.79 Å². The second-order valence-electron chi connectivity index (χ2n) is 7.05. The zero-order valence-corrected chi connectivity index (χ0v) is 16.7. The molecule has 0 spiro atoms. The lowest BCUT2D eigenvalue weighted by Gasteiger charge is -2.34. The summed E-state index contributed by atoms with van der Waals surface area (Å²) < 4.78 is 0. The molecule has 0 aromatic carbocycles. The van der Waals surface area contributed by atoms with Gasteiger partial charge in [-0.25, -0.2) is 0 Å². The first-order valence-electron chi connectivity index (χ1n) is 9.73. The third-order valence-corrected chi connectivity index (χ3v) is 6.65. The second kappa shape index (κ2) is 10.9. The van der Waals surface area contributed by atoms with Crippen molar-refractivity contribution in [1.82, 2.24) is 15.1 Å². The first kappa shape index (κ1) is 20.4. The molecule has 0 bridgehead atoms. The minimum atomic E-state index is -0.128. The number of amides is 1. The number of likely N-dealkylation sites (tertiary alicyclic amines) is 1. The van der Waals surface area contributed by atoms with E-state index in [9.17, 15) is 4.79 Å². The lowest BCUT2D eigenvalue weighted by molar-refractivity contribution is -0.123. The molecule has 2 heterocycles. The summed E-state index contributed by atoms with van der Waals surface area (Å²) in [4.78, 5) is 20.5. The largest absolute Gasteiger partial charge is 0.369 e. The minimum Gasteiger partial charge on any atom is -0.369 e. The first-order chi connectivity index (χ1) is 12.1. The summed E-state index contributed by atoms with van der Waals surface area (Å²) in [6, 6.07) is 0. The number of rotatable bonds is 7. The lowest BCUT2D eigenvalue weighted by atomic mass is 9.96. The normalized spacial score (nSPS) is 23.7. The van der Waals surface area contributed by atoms with Crippen molar-refractivity contribution in [3.63, 3.8) is 0 Å². The molecule has 25 heavy (non-hydrogen) atoms. The Hall–Kier alpha value is -0.950. The summed E-state index contributed by atoms with van der Waals surface area (Å²) in [6.07, 6.45) is 5.40. The van der Waals surface area contributed by atoms with Gasteiger partial charge in [-0.1, -0.05) is 6.92 Å². The molecule has 1 amide bonds. The van der Waals surface area contributed by atoms with E-state index in [0.29, 0.717) is 0 Å². The third-order valence-electron chi connectivity index (χ3n) is 5.28. The molecule has 0 aromatic heterocycles. The standard InChI is InChI=1S/C18H35N5OS/c1-3-16-14-23(12-13-25-16)18(20-2)21-8-4-5-9-22-10-6-15(7-11-22)17(19)24/h15-16H,3-14H2,1-2H3,(H2,19,24)(H,20,21). The highest BCUT2D eigenvalue weighted by Crippen LogP contribution is 2.21. The fraction of sp³-hybridized carbons (Fsp3) is 0.889. The Labute approximate surface area is 157 Å². The number of thioether (sulfide) groups is 1. The van der Waals surface area contributed by atoms with E-state index in [4.69, 9.17) is 5.73 Å². The zero-order chi connectivity index (χ0) is 18.1.